The molecule has 6 heteroatoms. The molecule has 0 aliphatic carbocycles. The molecule has 0 radical (unpaired) electrons. The fourth-order valence-corrected chi connectivity index (χ4v) is 2.19. The van der Waals surface area contributed by atoms with Gasteiger partial charge < -0.3 is 15.5 Å². The molecule has 0 spiro atoms. The van der Waals surface area contributed by atoms with Crippen LogP contribution in [0.3, 0.4) is 0 Å². The summed E-state index contributed by atoms with van der Waals surface area (Å²) in [6.07, 6.45) is 0.503. The zero-order chi connectivity index (χ0) is 13.0. The summed E-state index contributed by atoms with van der Waals surface area (Å²) >= 11 is 1.41. The molecule has 0 aliphatic heterocycles. The first kappa shape index (κ1) is 12.4. The first-order chi connectivity index (χ1) is 8.63. The number of hydrogen-bond donors (Lipinski definition) is 3. The molecule has 3 N–H and O–H groups in total. The average molecular weight is 264 g/mol. The van der Waals surface area contributed by atoms with Gasteiger partial charge in [-0.1, -0.05) is 6.07 Å². The number of carboxylic acids is 1. The van der Waals surface area contributed by atoms with E-state index in [1.807, 2.05) is 11.4 Å². The first-order valence-electron chi connectivity index (χ1n) is 5.36. The Bertz CT molecular complexity index is 554. The number of rotatable bonds is 5. The molecule has 0 bridgehead atoms. The summed E-state index contributed by atoms with van der Waals surface area (Å²) in [5, 5.41) is 23.5. The van der Waals surface area contributed by atoms with Crippen LogP contribution in [0.4, 0.5) is 10.8 Å². The second-order valence-corrected chi connectivity index (χ2v) is 4.57. The van der Waals surface area contributed by atoms with Crippen LogP contribution in [-0.4, -0.2) is 21.2 Å². The minimum absolute atomic E-state index is 0.0787. The minimum atomic E-state index is -0.828. The third kappa shape index (κ3) is 3.46. The Labute approximate surface area is 108 Å². The highest BCUT2D eigenvalue weighted by Crippen LogP contribution is 2.23. The zero-order valence-electron chi connectivity index (χ0n) is 9.46. The van der Waals surface area contributed by atoms with Gasteiger partial charge in [-0.05, 0) is 12.1 Å². The van der Waals surface area contributed by atoms with Gasteiger partial charge >= 0.3 is 5.97 Å². The Morgan fingerprint density at radius 1 is 1.44 bits per heavy atom. The number of aromatic nitrogens is 1. The smallest absolute Gasteiger partial charge is 0.303 e. The van der Waals surface area contributed by atoms with Crippen molar-refractivity contribution in [3.8, 4) is 5.75 Å². The van der Waals surface area contributed by atoms with Crippen LogP contribution in [0.25, 0.3) is 0 Å². The molecule has 1 aromatic carbocycles. The lowest BCUT2D eigenvalue weighted by atomic mass is 10.2. The number of aryl methyl sites for hydroxylation is 1. The van der Waals surface area contributed by atoms with Crippen LogP contribution in [0.2, 0.25) is 0 Å². The van der Waals surface area contributed by atoms with Gasteiger partial charge in [-0.3, -0.25) is 4.79 Å². The summed E-state index contributed by atoms with van der Waals surface area (Å²) in [5.41, 5.74) is 1.50. The molecule has 5 nitrogen and oxygen atoms in total. The number of nitrogens with zero attached hydrogens (tertiary/aromatic N) is 1. The number of hydrogen-bond acceptors (Lipinski definition) is 5. The second kappa shape index (κ2) is 5.50. The summed E-state index contributed by atoms with van der Waals surface area (Å²) in [5.74, 6) is -0.645. The number of benzene rings is 1. The van der Waals surface area contributed by atoms with Crippen LogP contribution in [0.15, 0.2) is 29.6 Å². The maximum atomic E-state index is 10.4. The molecular formula is C12H12N2O3S. The number of phenolic OH excluding ortho intramolecular Hbond substituents is 1. The molecule has 0 aliphatic rings. The quantitative estimate of drug-likeness (QED) is 0.773. The molecule has 0 amide bonds. The van der Waals surface area contributed by atoms with Gasteiger partial charge in [-0.25, -0.2) is 4.98 Å². The van der Waals surface area contributed by atoms with Gasteiger partial charge in [-0.15, -0.1) is 11.3 Å². The summed E-state index contributed by atoms with van der Waals surface area (Å²) in [4.78, 5) is 14.7. The predicted molar refractivity (Wildman–Crippen MR) is 69.5 cm³/mol. The number of phenols is 1. The number of aromatic hydroxyl groups is 1. The highest BCUT2D eigenvalue weighted by molar-refractivity contribution is 7.13. The first-order valence-corrected chi connectivity index (χ1v) is 6.24. The van der Waals surface area contributed by atoms with Crippen LogP contribution < -0.4 is 5.32 Å². The van der Waals surface area contributed by atoms with Crippen molar-refractivity contribution in [1.82, 2.24) is 4.98 Å². The maximum absolute atomic E-state index is 10.4. The highest BCUT2D eigenvalue weighted by atomic mass is 32.1. The Hall–Kier alpha value is -2.08. The Morgan fingerprint density at radius 2 is 2.28 bits per heavy atom. The molecule has 1 heterocycles. The van der Waals surface area contributed by atoms with Crippen molar-refractivity contribution in [3.05, 3.63) is 35.3 Å². The van der Waals surface area contributed by atoms with Crippen molar-refractivity contribution in [1.29, 1.82) is 0 Å². The van der Waals surface area contributed by atoms with E-state index in [1.165, 1.54) is 11.3 Å². The SMILES string of the molecule is O=C(O)CCc1csc(Nc2cccc(O)c2)n1. The van der Waals surface area contributed by atoms with Crippen LogP contribution in [0.1, 0.15) is 12.1 Å². The highest BCUT2D eigenvalue weighted by Gasteiger charge is 2.05. The molecule has 2 aromatic rings. The number of anilines is 2. The van der Waals surface area contributed by atoms with Gasteiger partial charge in [0, 0.05) is 23.6 Å². The van der Waals surface area contributed by atoms with Gasteiger partial charge in [0.05, 0.1) is 12.1 Å². The van der Waals surface area contributed by atoms with E-state index in [-0.39, 0.29) is 12.2 Å². The fraction of sp³-hybridized carbons (Fsp3) is 0.167. The zero-order valence-corrected chi connectivity index (χ0v) is 10.3. The molecule has 0 fully saturated rings. The summed E-state index contributed by atoms with van der Waals surface area (Å²) in [6, 6.07) is 6.73. The molecule has 94 valence electrons. The molecule has 0 saturated carbocycles. The van der Waals surface area contributed by atoms with E-state index >= 15 is 0 Å². The van der Waals surface area contributed by atoms with E-state index < -0.39 is 5.97 Å². The Kier molecular flexibility index (Phi) is 3.78. The van der Waals surface area contributed by atoms with E-state index in [9.17, 15) is 9.90 Å². The maximum Gasteiger partial charge on any atom is 0.303 e. The summed E-state index contributed by atoms with van der Waals surface area (Å²) in [6.45, 7) is 0. The minimum Gasteiger partial charge on any atom is -0.508 e. The summed E-state index contributed by atoms with van der Waals surface area (Å²) in [7, 11) is 0. The van der Waals surface area contributed by atoms with Crippen molar-refractivity contribution in [2.75, 3.05) is 5.32 Å². The number of nitrogens with one attached hydrogen (secondary N) is 1. The van der Waals surface area contributed by atoms with Gasteiger partial charge in [0.2, 0.25) is 0 Å². The standard InChI is InChI=1S/C12H12N2O3S/c15-10-3-1-2-8(6-10)13-12-14-9(7-18-12)4-5-11(16)17/h1-3,6-7,15H,4-5H2,(H,13,14)(H,16,17). The molecule has 0 atom stereocenters. The predicted octanol–water partition coefficient (Wildman–Crippen LogP) is 2.61. The topological polar surface area (TPSA) is 82.5 Å². The van der Waals surface area contributed by atoms with E-state index in [0.29, 0.717) is 11.6 Å². The molecule has 1 aromatic heterocycles. The van der Waals surface area contributed by atoms with Crippen LogP contribution in [-0.2, 0) is 11.2 Å². The van der Waals surface area contributed by atoms with Crippen molar-refractivity contribution in [2.45, 2.75) is 12.8 Å². The van der Waals surface area contributed by atoms with Crippen molar-refractivity contribution >= 4 is 28.1 Å². The van der Waals surface area contributed by atoms with E-state index in [4.69, 9.17) is 5.11 Å². The normalized spacial score (nSPS) is 10.2. The fourth-order valence-electron chi connectivity index (χ4n) is 1.42. The van der Waals surface area contributed by atoms with Crippen LogP contribution in [0, 0.1) is 0 Å². The van der Waals surface area contributed by atoms with Gasteiger partial charge in [0.25, 0.3) is 0 Å². The molecule has 0 saturated heterocycles. The molecule has 18 heavy (non-hydrogen) atoms. The van der Waals surface area contributed by atoms with E-state index in [1.54, 1.807) is 18.2 Å². The Morgan fingerprint density at radius 3 is 3.00 bits per heavy atom. The molecule has 2 rings (SSSR count). The third-order valence-electron chi connectivity index (χ3n) is 2.24. The monoisotopic (exact) mass is 264 g/mol. The van der Waals surface area contributed by atoms with Crippen LogP contribution in [0.5, 0.6) is 5.75 Å². The lowest BCUT2D eigenvalue weighted by Crippen LogP contribution is -1.97. The largest absolute Gasteiger partial charge is 0.508 e. The summed E-state index contributed by atoms with van der Waals surface area (Å²) < 4.78 is 0. The van der Waals surface area contributed by atoms with E-state index in [0.717, 1.165) is 11.4 Å². The number of aliphatic carboxylic acids is 1. The van der Waals surface area contributed by atoms with Gasteiger partial charge in [-0.2, -0.15) is 0 Å². The molecule has 0 unspecified atom stereocenters. The number of thiazole rings is 1. The number of carboxylic acid groups (broad SMARTS) is 1. The number of carbonyl (C=O) groups is 1. The molecular weight excluding hydrogens is 252 g/mol. The third-order valence-corrected chi connectivity index (χ3v) is 3.05. The van der Waals surface area contributed by atoms with Gasteiger partial charge in [0.1, 0.15) is 5.75 Å². The Balaban J connectivity index is 2.00. The second-order valence-electron chi connectivity index (χ2n) is 3.71. The van der Waals surface area contributed by atoms with Crippen molar-refractivity contribution in [3.63, 3.8) is 0 Å². The van der Waals surface area contributed by atoms with Crippen molar-refractivity contribution < 1.29 is 15.0 Å². The van der Waals surface area contributed by atoms with Crippen LogP contribution >= 0.6 is 11.3 Å². The average Bonchev–Trinajstić information content (AvgIpc) is 2.74. The van der Waals surface area contributed by atoms with Crippen molar-refractivity contribution in [2.24, 2.45) is 0 Å². The van der Waals surface area contributed by atoms with Gasteiger partial charge in [0.15, 0.2) is 5.13 Å². The van der Waals surface area contributed by atoms with E-state index in [2.05, 4.69) is 10.3 Å². The lowest BCUT2D eigenvalue weighted by Gasteiger charge is -2.02. The lowest BCUT2D eigenvalue weighted by molar-refractivity contribution is -0.136.